The lowest BCUT2D eigenvalue weighted by molar-refractivity contribution is -0.123. The molecule has 1 rings (SSSR count). The minimum atomic E-state index is -1.08. The maximum atomic E-state index is 12.9. The first kappa shape index (κ1) is 13.3. The molecule has 1 N–H and O–H groups in total. The van der Waals surface area contributed by atoms with Gasteiger partial charge in [0.1, 0.15) is 0 Å². The van der Waals surface area contributed by atoms with E-state index < -0.39 is 17.4 Å². The molecule has 0 aromatic heterocycles. The van der Waals surface area contributed by atoms with Crippen LogP contribution in [0.3, 0.4) is 0 Å². The Hall–Kier alpha value is -1.78. The molecular formula is C12H13F2NO2. The van der Waals surface area contributed by atoms with E-state index in [0.29, 0.717) is 0 Å². The standard InChI is InChI=1S/C12H13F2NO2/c1-7(2)12(17)15-6-11(16)8-3-4-9(13)10(14)5-8/h3-5,7H,6H2,1-2H3,(H,15,17). The maximum absolute atomic E-state index is 12.9. The van der Waals surface area contributed by atoms with E-state index >= 15 is 0 Å². The molecular weight excluding hydrogens is 228 g/mol. The van der Waals surface area contributed by atoms with E-state index in [2.05, 4.69) is 5.32 Å². The second-order valence-corrected chi connectivity index (χ2v) is 3.92. The number of carbonyl (C=O) groups excluding carboxylic acids is 2. The van der Waals surface area contributed by atoms with Gasteiger partial charge in [0.25, 0.3) is 0 Å². The third-order valence-electron chi connectivity index (χ3n) is 2.19. The summed E-state index contributed by atoms with van der Waals surface area (Å²) in [5, 5.41) is 2.41. The van der Waals surface area contributed by atoms with Gasteiger partial charge in [-0.05, 0) is 18.2 Å². The van der Waals surface area contributed by atoms with E-state index in [0.717, 1.165) is 12.1 Å². The lowest BCUT2D eigenvalue weighted by atomic mass is 10.1. The summed E-state index contributed by atoms with van der Waals surface area (Å²) < 4.78 is 25.5. The molecule has 1 aromatic rings. The van der Waals surface area contributed by atoms with Gasteiger partial charge in [0, 0.05) is 11.5 Å². The lowest BCUT2D eigenvalue weighted by Crippen LogP contribution is -2.32. The first-order valence-corrected chi connectivity index (χ1v) is 5.17. The van der Waals surface area contributed by atoms with Crippen molar-refractivity contribution >= 4 is 11.7 Å². The quantitative estimate of drug-likeness (QED) is 0.818. The van der Waals surface area contributed by atoms with Crippen molar-refractivity contribution < 1.29 is 18.4 Å². The van der Waals surface area contributed by atoms with E-state index in [-0.39, 0.29) is 23.9 Å². The molecule has 5 heteroatoms. The summed E-state index contributed by atoms with van der Waals surface area (Å²) in [5.74, 6) is -3.04. The maximum Gasteiger partial charge on any atom is 0.222 e. The number of rotatable bonds is 4. The van der Waals surface area contributed by atoms with Crippen LogP contribution in [0.25, 0.3) is 0 Å². The molecule has 0 saturated heterocycles. The van der Waals surface area contributed by atoms with Gasteiger partial charge in [-0.1, -0.05) is 13.8 Å². The number of Topliss-reactive ketones (excluding diaryl/α,β-unsaturated/α-hetero) is 1. The average Bonchev–Trinajstić information content (AvgIpc) is 2.28. The zero-order valence-electron chi connectivity index (χ0n) is 9.59. The summed E-state index contributed by atoms with van der Waals surface area (Å²) in [6, 6.07) is 2.88. The fourth-order valence-corrected chi connectivity index (χ4v) is 1.14. The number of carbonyl (C=O) groups is 2. The third-order valence-corrected chi connectivity index (χ3v) is 2.19. The molecule has 0 heterocycles. The van der Waals surface area contributed by atoms with Crippen LogP contribution in [0.15, 0.2) is 18.2 Å². The zero-order valence-corrected chi connectivity index (χ0v) is 9.59. The normalized spacial score (nSPS) is 10.4. The highest BCUT2D eigenvalue weighted by Gasteiger charge is 2.12. The summed E-state index contributed by atoms with van der Waals surface area (Å²) >= 11 is 0. The Morgan fingerprint density at radius 1 is 1.24 bits per heavy atom. The molecule has 0 bridgehead atoms. The van der Waals surface area contributed by atoms with Gasteiger partial charge in [-0.3, -0.25) is 9.59 Å². The summed E-state index contributed by atoms with van der Waals surface area (Å²) in [6.07, 6.45) is 0. The Balaban J connectivity index is 2.64. The number of hydrogen-bond acceptors (Lipinski definition) is 2. The predicted molar refractivity (Wildman–Crippen MR) is 58.5 cm³/mol. The summed E-state index contributed by atoms with van der Waals surface area (Å²) in [6.45, 7) is 3.16. The van der Waals surface area contributed by atoms with Gasteiger partial charge in [-0.25, -0.2) is 8.78 Å². The SMILES string of the molecule is CC(C)C(=O)NCC(=O)c1ccc(F)c(F)c1. The monoisotopic (exact) mass is 241 g/mol. The van der Waals surface area contributed by atoms with Crippen molar-refractivity contribution in [1.82, 2.24) is 5.32 Å². The van der Waals surface area contributed by atoms with Crippen LogP contribution in [0.5, 0.6) is 0 Å². The number of halogens is 2. The van der Waals surface area contributed by atoms with Crippen molar-refractivity contribution in [1.29, 1.82) is 0 Å². The van der Waals surface area contributed by atoms with Crippen LogP contribution >= 0.6 is 0 Å². The van der Waals surface area contributed by atoms with Gasteiger partial charge in [0.15, 0.2) is 17.4 Å². The number of ketones is 1. The first-order valence-electron chi connectivity index (χ1n) is 5.17. The molecule has 0 spiro atoms. The first-order chi connectivity index (χ1) is 7.91. The van der Waals surface area contributed by atoms with Gasteiger partial charge < -0.3 is 5.32 Å². The fraction of sp³-hybridized carbons (Fsp3) is 0.333. The molecule has 0 aliphatic rings. The van der Waals surface area contributed by atoms with Gasteiger partial charge in [0.05, 0.1) is 6.54 Å². The van der Waals surface area contributed by atoms with Crippen molar-refractivity contribution in [3.8, 4) is 0 Å². The third kappa shape index (κ3) is 3.62. The van der Waals surface area contributed by atoms with Gasteiger partial charge in [-0.2, -0.15) is 0 Å². The second-order valence-electron chi connectivity index (χ2n) is 3.92. The van der Waals surface area contributed by atoms with Crippen molar-refractivity contribution in [2.24, 2.45) is 5.92 Å². The molecule has 17 heavy (non-hydrogen) atoms. The molecule has 1 aromatic carbocycles. The van der Waals surface area contributed by atoms with Crippen molar-refractivity contribution in [2.45, 2.75) is 13.8 Å². The van der Waals surface area contributed by atoms with Crippen LogP contribution in [-0.4, -0.2) is 18.2 Å². The van der Waals surface area contributed by atoms with Crippen LogP contribution in [0, 0.1) is 17.6 Å². The molecule has 0 atom stereocenters. The highest BCUT2D eigenvalue weighted by molar-refractivity contribution is 5.99. The lowest BCUT2D eigenvalue weighted by Gasteiger charge is -2.07. The van der Waals surface area contributed by atoms with Crippen LogP contribution < -0.4 is 5.32 Å². The van der Waals surface area contributed by atoms with Crippen molar-refractivity contribution in [3.63, 3.8) is 0 Å². The topological polar surface area (TPSA) is 46.2 Å². The fourth-order valence-electron chi connectivity index (χ4n) is 1.14. The Morgan fingerprint density at radius 2 is 1.88 bits per heavy atom. The molecule has 3 nitrogen and oxygen atoms in total. The van der Waals surface area contributed by atoms with Crippen molar-refractivity contribution in [3.05, 3.63) is 35.4 Å². The van der Waals surface area contributed by atoms with E-state index in [1.54, 1.807) is 13.8 Å². The second kappa shape index (κ2) is 5.52. The highest BCUT2D eigenvalue weighted by atomic mass is 19.2. The predicted octanol–water partition coefficient (Wildman–Crippen LogP) is 1.92. The van der Waals surface area contributed by atoms with Crippen LogP contribution in [-0.2, 0) is 4.79 Å². The molecule has 0 radical (unpaired) electrons. The molecule has 0 aliphatic heterocycles. The smallest absolute Gasteiger partial charge is 0.222 e. The average molecular weight is 241 g/mol. The molecule has 0 unspecified atom stereocenters. The van der Waals surface area contributed by atoms with E-state index in [9.17, 15) is 18.4 Å². The summed E-state index contributed by atoms with van der Waals surface area (Å²) in [5.41, 5.74) is 0.0351. The molecule has 92 valence electrons. The Labute approximate surface area is 97.8 Å². The Kier molecular flexibility index (Phi) is 4.31. The summed E-state index contributed by atoms with van der Waals surface area (Å²) in [7, 11) is 0. The van der Waals surface area contributed by atoms with Crippen molar-refractivity contribution in [2.75, 3.05) is 6.54 Å². The van der Waals surface area contributed by atoms with Gasteiger partial charge >= 0.3 is 0 Å². The van der Waals surface area contributed by atoms with Crippen LogP contribution in [0.4, 0.5) is 8.78 Å². The van der Waals surface area contributed by atoms with Crippen LogP contribution in [0.1, 0.15) is 24.2 Å². The Morgan fingerprint density at radius 3 is 2.41 bits per heavy atom. The molecule has 1 amide bonds. The van der Waals surface area contributed by atoms with E-state index in [1.807, 2.05) is 0 Å². The molecule has 0 saturated carbocycles. The van der Waals surface area contributed by atoms with Crippen LogP contribution in [0.2, 0.25) is 0 Å². The van der Waals surface area contributed by atoms with E-state index in [4.69, 9.17) is 0 Å². The summed E-state index contributed by atoms with van der Waals surface area (Å²) in [4.78, 5) is 22.7. The number of hydrogen-bond donors (Lipinski definition) is 1. The Bertz CT molecular complexity index is 444. The van der Waals surface area contributed by atoms with E-state index in [1.165, 1.54) is 6.07 Å². The number of benzene rings is 1. The minimum Gasteiger partial charge on any atom is -0.348 e. The van der Waals surface area contributed by atoms with Gasteiger partial charge in [0.2, 0.25) is 5.91 Å². The molecule has 0 aliphatic carbocycles. The molecule has 0 fully saturated rings. The van der Waals surface area contributed by atoms with Gasteiger partial charge in [-0.15, -0.1) is 0 Å². The minimum absolute atomic E-state index is 0.0351. The number of amides is 1. The largest absolute Gasteiger partial charge is 0.348 e. The zero-order chi connectivity index (χ0) is 13.0. The highest BCUT2D eigenvalue weighted by Crippen LogP contribution is 2.09. The number of nitrogens with one attached hydrogen (secondary N) is 1.